The van der Waals surface area contributed by atoms with Crippen LogP contribution in [-0.4, -0.2) is 77.9 Å². The summed E-state index contributed by atoms with van der Waals surface area (Å²) in [4.78, 5) is 53.0. The minimum absolute atomic E-state index is 0.114. The number of imide groups is 2. The number of hydrogen-bond acceptors (Lipinski definition) is 7. The van der Waals surface area contributed by atoms with Gasteiger partial charge in [0.15, 0.2) is 0 Å². The van der Waals surface area contributed by atoms with E-state index in [1.165, 1.54) is 0 Å². The Kier molecular flexibility index (Phi) is 5.33. The van der Waals surface area contributed by atoms with Gasteiger partial charge in [0.1, 0.15) is 6.04 Å². The van der Waals surface area contributed by atoms with Crippen LogP contribution in [0.2, 0.25) is 0 Å². The maximum absolute atomic E-state index is 13.0. The Morgan fingerprint density at radius 2 is 1.87 bits per heavy atom. The highest BCUT2D eigenvalue weighted by Crippen LogP contribution is 2.29. The van der Waals surface area contributed by atoms with Crippen molar-refractivity contribution in [1.82, 2.24) is 20.4 Å². The molecule has 1 aromatic rings. The van der Waals surface area contributed by atoms with Crippen LogP contribution in [0.15, 0.2) is 18.2 Å². The predicted octanol–water partition coefficient (Wildman–Crippen LogP) is 0.0406. The molecule has 4 heterocycles. The first-order valence-corrected chi connectivity index (χ1v) is 10.9. The molecule has 2 N–H and O–H groups in total. The summed E-state index contributed by atoms with van der Waals surface area (Å²) >= 11 is 0. The van der Waals surface area contributed by atoms with E-state index in [9.17, 15) is 19.2 Å². The molecule has 4 aliphatic heterocycles. The minimum atomic E-state index is -0.939. The first-order valence-electron chi connectivity index (χ1n) is 10.9. The number of piperidine rings is 1. The zero-order valence-electron chi connectivity index (χ0n) is 17.3. The predicted molar refractivity (Wildman–Crippen MR) is 109 cm³/mol. The van der Waals surface area contributed by atoms with Crippen molar-refractivity contribution in [3.63, 3.8) is 0 Å². The summed E-state index contributed by atoms with van der Waals surface area (Å²) in [5.74, 6) is -1.91. The molecule has 0 radical (unpaired) electrons. The van der Waals surface area contributed by atoms with Gasteiger partial charge in [-0.25, -0.2) is 0 Å². The number of benzene rings is 1. The summed E-state index contributed by atoms with van der Waals surface area (Å²) in [6.45, 7) is 4.18. The summed E-state index contributed by atoms with van der Waals surface area (Å²) in [6, 6.07) is 4.82. The molecule has 0 bridgehead atoms. The SMILES string of the molecule is O=C1CCC(N2C(=O)c3ccc(CN(CC4CCCO4)C4CNC4)cc3C2=O)C(=O)N1. The number of nitrogens with zero attached hydrogens (tertiary/aromatic N) is 2. The van der Waals surface area contributed by atoms with Crippen molar-refractivity contribution in [1.29, 1.82) is 0 Å². The van der Waals surface area contributed by atoms with Crippen molar-refractivity contribution in [3.05, 3.63) is 34.9 Å². The highest BCUT2D eigenvalue weighted by atomic mass is 16.5. The van der Waals surface area contributed by atoms with Gasteiger partial charge in [-0.15, -0.1) is 0 Å². The van der Waals surface area contributed by atoms with E-state index in [4.69, 9.17) is 4.74 Å². The van der Waals surface area contributed by atoms with Gasteiger partial charge < -0.3 is 10.1 Å². The number of rotatable bonds is 6. The molecule has 4 amide bonds. The second kappa shape index (κ2) is 8.14. The van der Waals surface area contributed by atoms with Crippen molar-refractivity contribution in [3.8, 4) is 0 Å². The van der Waals surface area contributed by atoms with E-state index >= 15 is 0 Å². The quantitative estimate of drug-likeness (QED) is 0.619. The number of amides is 4. The Bertz CT molecular complexity index is 938. The Labute approximate surface area is 180 Å². The Hall–Kier alpha value is -2.62. The normalized spacial score (nSPS) is 26.4. The van der Waals surface area contributed by atoms with E-state index < -0.39 is 23.8 Å². The Morgan fingerprint density at radius 1 is 1.06 bits per heavy atom. The minimum Gasteiger partial charge on any atom is -0.377 e. The molecule has 2 unspecified atom stereocenters. The number of carbonyl (C=O) groups is 4. The standard InChI is InChI=1S/C22H26N4O5/c27-19-6-5-18(20(28)24-19)26-21(29)16-4-3-13(8-17(16)22(26)30)11-25(14-9-23-10-14)12-15-2-1-7-31-15/h3-4,8,14-15,18,23H,1-2,5-7,9-12H2,(H,24,27,28). The lowest BCUT2D eigenvalue weighted by molar-refractivity contribution is -0.136. The number of ether oxygens (including phenoxy) is 1. The number of nitrogens with one attached hydrogen (secondary N) is 2. The lowest BCUT2D eigenvalue weighted by Gasteiger charge is -2.39. The Morgan fingerprint density at radius 3 is 2.55 bits per heavy atom. The Balaban J connectivity index is 1.34. The zero-order chi connectivity index (χ0) is 21.5. The molecule has 0 aliphatic carbocycles. The number of fused-ring (bicyclic) bond motifs is 1. The molecule has 4 aliphatic rings. The van der Waals surface area contributed by atoms with Gasteiger partial charge in [0, 0.05) is 45.2 Å². The molecule has 2 atom stereocenters. The zero-order valence-corrected chi connectivity index (χ0v) is 17.3. The van der Waals surface area contributed by atoms with Gasteiger partial charge in [0.25, 0.3) is 11.8 Å². The summed E-state index contributed by atoms with van der Waals surface area (Å²) in [5.41, 5.74) is 1.60. The number of hydrogen-bond donors (Lipinski definition) is 2. The summed E-state index contributed by atoms with van der Waals surface area (Å²) in [7, 11) is 0. The van der Waals surface area contributed by atoms with Gasteiger partial charge in [-0.1, -0.05) is 6.07 Å². The molecule has 0 spiro atoms. The first-order chi connectivity index (χ1) is 15.0. The third-order valence-electron chi connectivity index (χ3n) is 6.63. The molecule has 1 aromatic carbocycles. The molecule has 5 rings (SSSR count). The van der Waals surface area contributed by atoms with Crippen LogP contribution in [0, 0.1) is 0 Å². The van der Waals surface area contributed by atoms with E-state index in [1.54, 1.807) is 12.1 Å². The molecule has 164 valence electrons. The second-order valence-corrected chi connectivity index (χ2v) is 8.70. The first kappa shape index (κ1) is 20.3. The number of carbonyl (C=O) groups excluding carboxylic acids is 4. The van der Waals surface area contributed by atoms with Crippen LogP contribution in [0.5, 0.6) is 0 Å². The van der Waals surface area contributed by atoms with Crippen molar-refractivity contribution in [2.75, 3.05) is 26.2 Å². The van der Waals surface area contributed by atoms with Crippen LogP contribution < -0.4 is 10.6 Å². The fourth-order valence-corrected chi connectivity index (χ4v) is 4.78. The molecule has 9 nitrogen and oxygen atoms in total. The van der Waals surface area contributed by atoms with E-state index in [2.05, 4.69) is 15.5 Å². The third kappa shape index (κ3) is 3.77. The lowest BCUT2D eigenvalue weighted by Crippen LogP contribution is -2.58. The van der Waals surface area contributed by atoms with Crippen molar-refractivity contribution in [2.24, 2.45) is 0 Å². The maximum Gasteiger partial charge on any atom is 0.262 e. The van der Waals surface area contributed by atoms with Crippen LogP contribution in [0.4, 0.5) is 0 Å². The molecule has 3 saturated heterocycles. The van der Waals surface area contributed by atoms with Crippen LogP contribution >= 0.6 is 0 Å². The van der Waals surface area contributed by atoms with E-state index in [0.29, 0.717) is 23.7 Å². The van der Waals surface area contributed by atoms with Crippen LogP contribution in [0.3, 0.4) is 0 Å². The third-order valence-corrected chi connectivity index (χ3v) is 6.63. The van der Waals surface area contributed by atoms with Crippen LogP contribution in [0.25, 0.3) is 0 Å². The highest BCUT2D eigenvalue weighted by Gasteiger charge is 2.44. The molecular weight excluding hydrogens is 400 g/mol. The van der Waals surface area contributed by atoms with Gasteiger partial charge in [-0.2, -0.15) is 0 Å². The summed E-state index contributed by atoms with van der Waals surface area (Å²) < 4.78 is 5.81. The van der Waals surface area contributed by atoms with Crippen molar-refractivity contribution >= 4 is 23.6 Å². The largest absolute Gasteiger partial charge is 0.377 e. The molecule has 9 heteroatoms. The smallest absolute Gasteiger partial charge is 0.262 e. The van der Waals surface area contributed by atoms with E-state index in [1.807, 2.05) is 6.07 Å². The fourth-order valence-electron chi connectivity index (χ4n) is 4.78. The molecule has 0 saturated carbocycles. The summed E-state index contributed by atoms with van der Waals surface area (Å²) in [5, 5.41) is 5.53. The second-order valence-electron chi connectivity index (χ2n) is 8.70. The molecular formula is C22H26N4O5. The lowest BCUT2D eigenvalue weighted by atomic mass is 10.0. The van der Waals surface area contributed by atoms with Crippen molar-refractivity contribution in [2.45, 2.75) is 50.4 Å². The topological polar surface area (TPSA) is 108 Å². The van der Waals surface area contributed by atoms with Gasteiger partial charge >= 0.3 is 0 Å². The average molecular weight is 426 g/mol. The van der Waals surface area contributed by atoms with Gasteiger partial charge in [-0.05, 0) is 37.0 Å². The van der Waals surface area contributed by atoms with Gasteiger partial charge in [-0.3, -0.25) is 34.3 Å². The van der Waals surface area contributed by atoms with E-state index in [0.717, 1.165) is 49.5 Å². The average Bonchev–Trinajstić information content (AvgIpc) is 3.28. The molecule has 31 heavy (non-hydrogen) atoms. The van der Waals surface area contributed by atoms with Crippen LogP contribution in [-0.2, 0) is 20.9 Å². The fraction of sp³-hybridized carbons (Fsp3) is 0.545. The van der Waals surface area contributed by atoms with Crippen LogP contribution in [0.1, 0.15) is 52.0 Å². The molecule has 3 fully saturated rings. The monoisotopic (exact) mass is 426 g/mol. The summed E-state index contributed by atoms with van der Waals surface area (Å²) in [6.07, 6.45) is 2.67. The van der Waals surface area contributed by atoms with Crippen molar-refractivity contribution < 1.29 is 23.9 Å². The van der Waals surface area contributed by atoms with Gasteiger partial charge in [0.2, 0.25) is 11.8 Å². The van der Waals surface area contributed by atoms with Gasteiger partial charge in [0.05, 0.1) is 17.2 Å². The van der Waals surface area contributed by atoms with E-state index in [-0.39, 0.29) is 24.9 Å². The molecule has 0 aromatic heterocycles. The highest BCUT2D eigenvalue weighted by molar-refractivity contribution is 6.23. The maximum atomic E-state index is 13.0.